The van der Waals surface area contributed by atoms with Gasteiger partial charge in [0.2, 0.25) is 5.88 Å². The lowest BCUT2D eigenvalue weighted by Gasteiger charge is -2.06. The van der Waals surface area contributed by atoms with Gasteiger partial charge in [-0.05, 0) is 11.6 Å². The highest BCUT2D eigenvalue weighted by Gasteiger charge is 2.04. The maximum absolute atomic E-state index is 10.5. The summed E-state index contributed by atoms with van der Waals surface area (Å²) in [4.78, 5) is 14.5. The van der Waals surface area contributed by atoms with Crippen molar-refractivity contribution >= 4 is 22.8 Å². The second-order valence-corrected chi connectivity index (χ2v) is 2.68. The zero-order chi connectivity index (χ0) is 10.6. The van der Waals surface area contributed by atoms with Crippen LogP contribution in [0.1, 0.15) is 0 Å². The van der Waals surface area contributed by atoms with Crippen LogP contribution >= 0.6 is 11.6 Å². The summed E-state index contributed by atoms with van der Waals surface area (Å²) >= 11 is 5.13. The number of methoxy groups -OCH3 is 2. The molecule has 0 atom stereocenters. The molecule has 14 heavy (non-hydrogen) atoms. The van der Waals surface area contributed by atoms with E-state index >= 15 is 0 Å². The molecule has 6 heteroatoms. The summed E-state index contributed by atoms with van der Waals surface area (Å²) in [7, 11) is 2.97. The summed E-state index contributed by atoms with van der Waals surface area (Å²) in [5.74, 6) is 1.14. The number of nitrogens with one attached hydrogen (secondary N) is 1. The summed E-state index contributed by atoms with van der Waals surface area (Å²) in [6.07, 6.45) is 0. The molecule has 1 amide bonds. The Morgan fingerprint density at radius 1 is 1.43 bits per heavy atom. The van der Waals surface area contributed by atoms with Gasteiger partial charge in [0.05, 0.1) is 14.2 Å². The van der Waals surface area contributed by atoms with E-state index in [4.69, 9.17) is 21.1 Å². The summed E-state index contributed by atoms with van der Waals surface area (Å²) in [5.41, 5.74) is 0. The van der Waals surface area contributed by atoms with E-state index in [1.54, 1.807) is 6.07 Å². The highest BCUT2D eigenvalue weighted by atomic mass is 35.5. The van der Waals surface area contributed by atoms with E-state index in [0.717, 1.165) is 0 Å². The third-order valence-electron chi connectivity index (χ3n) is 1.45. The molecule has 0 unspecified atom stereocenters. The third-order valence-corrected chi connectivity index (χ3v) is 1.54. The second kappa shape index (κ2) is 4.66. The van der Waals surface area contributed by atoms with Gasteiger partial charge in [-0.25, -0.2) is 0 Å². The van der Waals surface area contributed by atoms with Crippen LogP contribution in [0.25, 0.3) is 0 Å². The quantitative estimate of drug-likeness (QED) is 0.619. The number of hydrogen-bond acceptors (Lipinski definition) is 4. The van der Waals surface area contributed by atoms with Crippen molar-refractivity contribution in [2.24, 2.45) is 0 Å². The predicted molar refractivity (Wildman–Crippen MR) is 52.2 cm³/mol. The van der Waals surface area contributed by atoms with Crippen molar-refractivity contribution in [2.75, 3.05) is 19.5 Å². The number of aromatic nitrogens is 1. The van der Waals surface area contributed by atoms with Gasteiger partial charge in [-0.2, -0.15) is 4.98 Å². The second-order valence-electron chi connectivity index (χ2n) is 2.33. The van der Waals surface area contributed by atoms with Gasteiger partial charge in [0, 0.05) is 12.1 Å². The molecule has 1 aromatic rings. The molecule has 0 spiro atoms. The first-order valence-electron chi connectivity index (χ1n) is 3.72. The normalized spacial score (nSPS) is 9.36. The summed E-state index contributed by atoms with van der Waals surface area (Å²) in [5, 5.41) is 1.59. The molecule has 5 nitrogen and oxygen atoms in total. The van der Waals surface area contributed by atoms with Crippen molar-refractivity contribution in [3.8, 4) is 11.6 Å². The third kappa shape index (κ3) is 2.77. The fourth-order valence-electron chi connectivity index (χ4n) is 0.869. The average Bonchev–Trinajstić information content (AvgIpc) is 2.16. The minimum Gasteiger partial charge on any atom is -0.496 e. The number of halogens is 1. The van der Waals surface area contributed by atoms with Crippen LogP contribution in [0.4, 0.5) is 10.6 Å². The molecule has 0 bridgehead atoms. The molecule has 0 aliphatic rings. The van der Waals surface area contributed by atoms with Crippen LogP contribution in [0.3, 0.4) is 0 Å². The Labute approximate surface area is 86.0 Å². The van der Waals surface area contributed by atoms with Crippen molar-refractivity contribution in [1.82, 2.24) is 4.98 Å². The number of carbonyl (C=O) groups excluding carboxylic acids is 1. The van der Waals surface area contributed by atoms with Gasteiger partial charge in [0.1, 0.15) is 11.6 Å². The monoisotopic (exact) mass is 216 g/mol. The van der Waals surface area contributed by atoms with E-state index in [-0.39, 0.29) is 5.82 Å². The number of ether oxygens (including phenoxy) is 2. The van der Waals surface area contributed by atoms with Gasteiger partial charge in [-0.3, -0.25) is 10.1 Å². The fraction of sp³-hybridized carbons (Fsp3) is 0.250. The molecule has 0 saturated heterocycles. The molecule has 76 valence electrons. The average molecular weight is 217 g/mol. The Kier molecular flexibility index (Phi) is 3.53. The lowest BCUT2D eigenvalue weighted by Crippen LogP contribution is -2.04. The molecular weight excluding hydrogens is 208 g/mol. The lowest BCUT2D eigenvalue weighted by atomic mass is 10.4. The molecule has 0 aliphatic carbocycles. The Balaban J connectivity index is 2.98. The molecule has 0 aromatic carbocycles. The first kappa shape index (κ1) is 10.6. The van der Waals surface area contributed by atoms with Crippen LogP contribution in [0.15, 0.2) is 12.1 Å². The number of pyridine rings is 1. The zero-order valence-electron chi connectivity index (χ0n) is 7.70. The van der Waals surface area contributed by atoms with E-state index < -0.39 is 5.37 Å². The number of rotatable bonds is 3. The smallest absolute Gasteiger partial charge is 0.319 e. The molecule has 0 fully saturated rings. The van der Waals surface area contributed by atoms with E-state index in [2.05, 4.69) is 10.3 Å². The zero-order valence-corrected chi connectivity index (χ0v) is 8.46. The van der Waals surface area contributed by atoms with Gasteiger partial charge in [0.25, 0.3) is 0 Å². The van der Waals surface area contributed by atoms with Crippen LogP contribution < -0.4 is 14.8 Å². The van der Waals surface area contributed by atoms with Crippen molar-refractivity contribution < 1.29 is 14.3 Å². The van der Waals surface area contributed by atoms with Crippen LogP contribution in [0.2, 0.25) is 0 Å². The van der Waals surface area contributed by atoms with Crippen LogP contribution in [-0.2, 0) is 0 Å². The standard InChI is InChI=1S/C8H9ClN2O3/c1-13-5-3-6(11-8(9)12)10-7(4-5)14-2/h3-4H,1-2H3,(H,10,11,12). The minimum absolute atomic E-state index is 0.279. The number of hydrogen-bond donors (Lipinski definition) is 1. The van der Waals surface area contributed by atoms with E-state index in [9.17, 15) is 4.79 Å². The van der Waals surface area contributed by atoms with Gasteiger partial charge in [-0.1, -0.05) is 0 Å². The van der Waals surface area contributed by atoms with Crippen LogP contribution in [0, 0.1) is 0 Å². The van der Waals surface area contributed by atoms with Gasteiger partial charge < -0.3 is 9.47 Å². The van der Waals surface area contributed by atoms with Crippen molar-refractivity contribution in [1.29, 1.82) is 0 Å². The Hall–Kier alpha value is -1.49. The predicted octanol–water partition coefficient (Wildman–Crippen LogP) is 1.87. The van der Waals surface area contributed by atoms with Crippen LogP contribution in [0.5, 0.6) is 11.6 Å². The van der Waals surface area contributed by atoms with Gasteiger partial charge >= 0.3 is 5.37 Å². The van der Waals surface area contributed by atoms with Gasteiger partial charge in [0.15, 0.2) is 0 Å². The minimum atomic E-state index is -0.715. The Morgan fingerprint density at radius 3 is 2.64 bits per heavy atom. The number of nitrogens with zero attached hydrogens (tertiary/aromatic N) is 1. The van der Waals surface area contributed by atoms with Crippen molar-refractivity contribution in [2.45, 2.75) is 0 Å². The summed E-state index contributed by atoms with van der Waals surface area (Å²) < 4.78 is 9.86. The maximum atomic E-state index is 10.5. The molecule has 1 rings (SSSR count). The first-order valence-corrected chi connectivity index (χ1v) is 4.10. The number of carbonyl (C=O) groups is 1. The molecular formula is C8H9ClN2O3. The highest BCUT2D eigenvalue weighted by molar-refractivity contribution is 6.65. The topological polar surface area (TPSA) is 60.5 Å². The molecule has 1 aromatic heterocycles. The number of anilines is 1. The summed E-state index contributed by atoms with van der Waals surface area (Å²) in [6.45, 7) is 0. The molecule has 0 saturated carbocycles. The Morgan fingerprint density at radius 2 is 2.14 bits per heavy atom. The van der Waals surface area contributed by atoms with E-state index in [1.807, 2.05) is 0 Å². The summed E-state index contributed by atoms with van der Waals surface area (Å²) in [6, 6.07) is 3.12. The molecule has 0 aliphatic heterocycles. The fourth-order valence-corrected chi connectivity index (χ4v) is 0.965. The first-order chi connectivity index (χ1) is 6.65. The largest absolute Gasteiger partial charge is 0.496 e. The SMILES string of the molecule is COc1cc(NC(=O)Cl)nc(OC)c1. The highest BCUT2D eigenvalue weighted by Crippen LogP contribution is 2.21. The van der Waals surface area contributed by atoms with E-state index in [0.29, 0.717) is 11.6 Å². The molecule has 1 N–H and O–H groups in total. The number of amides is 1. The lowest BCUT2D eigenvalue weighted by molar-refractivity contribution is 0.269. The van der Waals surface area contributed by atoms with Crippen molar-refractivity contribution in [3.05, 3.63) is 12.1 Å². The molecule has 0 radical (unpaired) electrons. The van der Waals surface area contributed by atoms with E-state index in [1.165, 1.54) is 20.3 Å². The molecule has 1 heterocycles. The van der Waals surface area contributed by atoms with Gasteiger partial charge in [-0.15, -0.1) is 0 Å². The maximum Gasteiger partial charge on any atom is 0.319 e. The van der Waals surface area contributed by atoms with Crippen LogP contribution in [-0.4, -0.2) is 24.6 Å². The van der Waals surface area contributed by atoms with Crippen molar-refractivity contribution in [3.63, 3.8) is 0 Å². The Bertz CT molecular complexity index is 321.